The third-order valence-electron chi connectivity index (χ3n) is 4.82. The molecule has 1 unspecified atom stereocenters. The summed E-state index contributed by atoms with van der Waals surface area (Å²) >= 11 is 0. The van der Waals surface area contributed by atoms with Crippen molar-refractivity contribution in [2.45, 2.75) is 12.5 Å². The van der Waals surface area contributed by atoms with Crippen LogP contribution in [0, 0.1) is 0 Å². The molecule has 0 radical (unpaired) electrons. The Labute approximate surface area is 152 Å². The van der Waals surface area contributed by atoms with Crippen molar-refractivity contribution in [3.63, 3.8) is 0 Å². The summed E-state index contributed by atoms with van der Waals surface area (Å²) < 4.78 is 5.73. The van der Waals surface area contributed by atoms with Crippen LogP contribution in [0.5, 0.6) is 5.75 Å². The van der Waals surface area contributed by atoms with Crippen molar-refractivity contribution in [2.75, 3.05) is 36.4 Å². The lowest BCUT2D eigenvalue weighted by molar-refractivity contribution is -0.137. The van der Waals surface area contributed by atoms with Gasteiger partial charge in [0.1, 0.15) is 5.75 Å². The first-order valence-corrected chi connectivity index (χ1v) is 8.85. The van der Waals surface area contributed by atoms with Crippen LogP contribution in [0.15, 0.2) is 54.6 Å². The molecular formula is C20H21N3O3. The highest BCUT2D eigenvalue weighted by atomic mass is 16.5. The number of nitrogens with one attached hydrogen (secondary N) is 1. The van der Waals surface area contributed by atoms with Gasteiger partial charge in [0.2, 0.25) is 5.91 Å². The minimum absolute atomic E-state index is 0.0442. The standard InChI is InChI=1S/C20H21N3O3/c24-19(14-18-20(25)21-16-8-4-5-9-17(16)26-18)23-12-10-22(11-13-23)15-6-2-1-3-7-15/h1-9,18H,10-14H2,(H,21,25). The van der Waals surface area contributed by atoms with Gasteiger partial charge < -0.3 is 19.9 Å². The molecule has 0 aromatic heterocycles. The number of piperazine rings is 1. The number of rotatable bonds is 3. The number of benzene rings is 2. The fourth-order valence-corrected chi connectivity index (χ4v) is 3.37. The Morgan fingerprint density at radius 2 is 1.69 bits per heavy atom. The zero-order chi connectivity index (χ0) is 17.9. The van der Waals surface area contributed by atoms with Crippen LogP contribution in [0.4, 0.5) is 11.4 Å². The highest BCUT2D eigenvalue weighted by molar-refractivity contribution is 5.99. The molecule has 2 aliphatic rings. The van der Waals surface area contributed by atoms with Crippen molar-refractivity contribution in [1.82, 2.24) is 4.90 Å². The van der Waals surface area contributed by atoms with Gasteiger partial charge >= 0.3 is 0 Å². The van der Waals surface area contributed by atoms with Crippen LogP contribution in [0.3, 0.4) is 0 Å². The first-order valence-electron chi connectivity index (χ1n) is 8.85. The summed E-state index contributed by atoms with van der Waals surface area (Å²) in [4.78, 5) is 28.9. The Morgan fingerprint density at radius 3 is 2.46 bits per heavy atom. The molecule has 4 rings (SSSR count). The molecule has 1 saturated heterocycles. The largest absolute Gasteiger partial charge is 0.478 e. The second-order valence-electron chi connectivity index (χ2n) is 6.50. The molecule has 6 nitrogen and oxygen atoms in total. The molecule has 1 N–H and O–H groups in total. The van der Waals surface area contributed by atoms with Gasteiger partial charge in [-0.3, -0.25) is 9.59 Å². The van der Waals surface area contributed by atoms with Crippen LogP contribution < -0.4 is 15.0 Å². The Hall–Kier alpha value is -3.02. The zero-order valence-electron chi connectivity index (χ0n) is 14.4. The molecule has 2 aromatic carbocycles. The van der Waals surface area contributed by atoms with E-state index in [1.54, 1.807) is 12.1 Å². The molecular weight excluding hydrogens is 330 g/mol. The summed E-state index contributed by atoms with van der Waals surface area (Å²) in [5, 5.41) is 2.80. The molecule has 2 aliphatic heterocycles. The Bertz CT molecular complexity index is 801. The maximum atomic E-state index is 12.6. The molecule has 26 heavy (non-hydrogen) atoms. The number of nitrogens with zero attached hydrogens (tertiary/aromatic N) is 2. The highest BCUT2D eigenvalue weighted by Crippen LogP contribution is 2.29. The molecule has 6 heteroatoms. The normalized spacial score (nSPS) is 19.4. The molecule has 2 aromatic rings. The molecule has 0 aliphatic carbocycles. The van der Waals surface area contributed by atoms with E-state index in [0.717, 1.165) is 13.1 Å². The van der Waals surface area contributed by atoms with Crippen molar-refractivity contribution < 1.29 is 14.3 Å². The number of fused-ring (bicyclic) bond motifs is 1. The number of para-hydroxylation sites is 3. The monoisotopic (exact) mass is 351 g/mol. The number of ether oxygens (including phenoxy) is 1. The van der Waals surface area contributed by atoms with E-state index in [-0.39, 0.29) is 18.2 Å². The summed E-state index contributed by atoms with van der Waals surface area (Å²) in [5.41, 5.74) is 1.82. The van der Waals surface area contributed by atoms with Crippen molar-refractivity contribution in [3.05, 3.63) is 54.6 Å². The van der Waals surface area contributed by atoms with Gasteiger partial charge in [-0.1, -0.05) is 30.3 Å². The number of anilines is 2. The second kappa shape index (κ2) is 7.07. The summed E-state index contributed by atoms with van der Waals surface area (Å²) in [5.74, 6) is 0.302. The molecule has 0 spiro atoms. The van der Waals surface area contributed by atoms with Crippen molar-refractivity contribution in [2.24, 2.45) is 0 Å². The molecule has 1 atom stereocenters. The fourth-order valence-electron chi connectivity index (χ4n) is 3.37. The average Bonchev–Trinajstić information content (AvgIpc) is 2.69. The smallest absolute Gasteiger partial charge is 0.266 e. The quantitative estimate of drug-likeness (QED) is 0.920. The van der Waals surface area contributed by atoms with Gasteiger partial charge in [0.05, 0.1) is 12.1 Å². The van der Waals surface area contributed by atoms with Gasteiger partial charge in [-0.2, -0.15) is 0 Å². The maximum Gasteiger partial charge on any atom is 0.266 e. The first kappa shape index (κ1) is 16.4. The van der Waals surface area contributed by atoms with Gasteiger partial charge in [-0.25, -0.2) is 0 Å². The molecule has 0 saturated carbocycles. The Morgan fingerprint density at radius 1 is 1.00 bits per heavy atom. The predicted octanol–water partition coefficient (Wildman–Crippen LogP) is 2.12. The van der Waals surface area contributed by atoms with E-state index in [0.29, 0.717) is 24.5 Å². The molecule has 2 amide bonds. The van der Waals surface area contributed by atoms with Gasteiger partial charge in [-0.15, -0.1) is 0 Å². The van der Waals surface area contributed by atoms with Gasteiger partial charge in [0, 0.05) is 31.9 Å². The van der Waals surface area contributed by atoms with Crippen LogP contribution >= 0.6 is 0 Å². The lowest BCUT2D eigenvalue weighted by Crippen LogP contribution is -2.50. The van der Waals surface area contributed by atoms with Crippen molar-refractivity contribution in [3.8, 4) is 5.75 Å². The van der Waals surface area contributed by atoms with Crippen molar-refractivity contribution in [1.29, 1.82) is 0 Å². The number of carbonyl (C=O) groups is 2. The van der Waals surface area contributed by atoms with Crippen LogP contribution in [-0.2, 0) is 9.59 Å². The van der Waals surface area contributed by atoms with Gasteiger partial charge in [0.25, 0.3) is 5.91 Å². The topological polar surface area (TPSA) is 61.9 Å². The molecule has 1 fully saturated rings. The van der Waals surface area contributed by atoms with E-state index < -0.39 is 6.10 Å². The molecule has 2 heterocycles. The van der Waals surface area contributed by atoms with Crippen LogP contribution in [0.2, 0.25) is 0 Å². The number of amides is 2. The van der Waals surface area contributed by atoms with Gasteiger partial charge in [0.15, 0.2) is 6.10 Å². The Balaban J connectivity index is 1.34. The highest BCUT2D eigenvalue weighted by Gasteiger charge is 2.32. The minimum Gasteiger partial charge on any atom is -0.478 e. The van der Waals surface area contributed by atoms with Crippen molar-refractivity contribution >= 4 is 23.2 Å². The molecule has 134 valence electrons. The summed E-state index contributed by atoms with van der Waals surface area (Å²) in [6, 6.07) is 17.4. The van der Waals surface area contributed by atoms with Crippen LogP contribution in [0.1, 0.15) is 6.42 Å². The van der Waals surface area contributed by atoms with Crippen LogP contribution in [-0.4, -0.2) is 49.0 Å². The zero-order valence-corrected chi connectivity index (χ0v) is 14.4. The average molecular weight is 351 g/mol. The second-order valence-corrected chi connectivity index (χ2v) is 6.50. The Kier molecular flexibility index (Phi) is 4.48. The SMILES string of the molecule is O=C1Nc2ccccc2OC1CC(=O)N1CCN(c2ccccc2)CC1. The van der Waals surface area contributed by atoms with Crippen LogP contribution in [0.25, 0.3) is 0 Å². The number of hydrogen-bond acceptors (Lipinski definition) is 4. The lowest BCUT2D eigenvalue weighted by Gasteiger charge is -2.36. The summed E-state index contributed by atoms with van der Waals surface area (Å²) in [7, 11) is 0. The van der Waals surface area contributed by atoms with E-state index >= 15 is 0 Å². The first-order chi connectivity index (χ1) is 12.7. The predicted molar refractivity (Wildman–Crippen MR) is 99.3 cm³/mol. The summed E-state index contributed by atoms with van der Waals surface area (Å²) in [6.07, 6.45) is -0.713. The fraction of sp³-hybridized carbons (Fsp3) is 0.300. The van der Waals surface area contributed by atoms with E-state index in [9.17, 15) is 9.59 Å². The summed E-state index contributed by atoms with van der Waals surface area (Å²) in [6.45, 7) is 2.88. The number of carbonyl (C=O) groups excluding carboxylic acids is 2. The van der Waals surface area contributed by atoms with Gasteiger partial charge in [-0.05, 0) is 24.3 Å². The third-order valence-corrected chi connectivity index (χ3v) is 4.82. The minimum atomic E-state index is -0.774. The number of hydrogen-bond donors (Lipinski definition) is 1. The van der Waals surface area contributed by atoms with E-state index in [2.05, 4.69) is 22.3 Å². The molecule has 0 bridgehead atoms. The van der Waals surface area contributed by atoms with E-state index in [4.69, 9.17) is 4.74 Å². The lowest BCUT2D eigenvalue weighted by atomic mass is 10.1. The van der Waals surface area contributed by atoms with E-state index in [1.165, 1.54) is 5.69 Å². The maximum absolute atomic E-state index is 12.6. The third kappa shape index (κ3) is 3.35. The van der Waals surface area contributed by atoms with E-state index in [1.807, 2.05) is 35.2 Å².